The van der Waals surface area contributed by atoms with E-state index < -0.39 is 0 Å². The molecule has 0 bridgehead atoms. The molecule has 3 heterocycles. The number of amides is 1. The molecule has 1 aromatic carbocycles. The van der Waals surface area contributed by atoms with Gasteiger partial charge in [0.15, 0.2) is 6.61 Å². The fourth-order valence-corrected chi connectivity index (χ4v) is 4.42. The first kappa shape index (κ1) is 19.9. The molecule has 2 aliphatic heterocycles. The van der Waals surface area contributed by atoms with Crippen molar-refractivity contribution in [3.8, 4) is 5.75 Å². The van der Waals surface area contributed by atoms with E-state index in [-0.39, 0.29) is 18.4 Å². The zero-order valence-electron chi connectivity index (χ0n) is 17.6. The Bertz CT molecular complexity index is 845. The van der Waals surface area contributed by atoms with E-state index in [9.17, 15) is 4.79 Å². The van der Waals surface area contributed by atoms with Crippen LogP contribution in [0.4, 0.5) is 0 Å². The highest BCUT2D eigenvalue weighted by Gasteiger charge is 2.29. The Morgan fingerprint density at radius 2 is 2.07 bits per heavy atom. The van der Waals surface area contributed by atoms with Crippen LogP contribution in [-0.2, 0) is 17.8 Å². The molecule has 29 heavy (non-hydrogen) atoms. The van der Waals surface area contributed by atoms with Crippen molar-refractivity contribution in [2.75, 3.05) is 19.7 Å². The van der Waals surface area contributed by atoms with Crippen molar-refractivity contribution in [3.63, 3.8) is 0 Å². The van der Waals surface area contributed by atoms with Crippen LogP contribution in [0.2, 0.25) is 0 Å². The number of aromatic nitrogens is 3. The molecule has 0 saturated carbocycles. The summed E-state index contributed by atoms with van der Waals surface area (Å²) in [5, 5.41) is 8.97. The number of aryl methyl sites for hydroxylation is 1. The third-order valence-corrected chi connectivity index (χ3v) is 6.16. The molecule has 2 aromatic rings. The van der Waals surface area contributed by atoms with E-state index in [1.807, 2.05) is 23.1 Å². The van der Waals surface area contributed by atoms with Gasteiger partial charge in [-0.3, -0.25) is 4.79 Å². The van der Waals surface area contributed by atoms with Crippen molar-refractivity contribution in [1.82, 2.24) is 19.7 Å². The maximum absolute atomic E-state index is 12.8. The van der Waals surface area contributed by atoms with Crippen LogP contribution in [0.5, 0.6) is 5.75 Å². The molecule has 0 N–H and O–H groups in total. The highest BCUT2D eigenvalue weighted by molar-refractivity contribution is 5.78. The second-order valence-electron chi connectivity index (χ2n) is 8.63. The van der Waals surface area contributed by atoms with Gasteiger partial charge in [0, 0.05) is 32.0 Å². The Hall–Kier alpha value is -2.37. The molecule has 156 valence electrons. The van der Waals surface area contributed by atoms with Crippen molar-refractivity contribution in [3.05, 3.63) is 41.5 Å². The Morgan fingerprint density at radius 3 is 2.93 bits per heavy atom. The van der Waals surface area contributed by atoms with Crippen LogP contribution in [-0.4, -0.2) is 45.3 Å². The Balaban J connectivity index is 1.38. The van der Waals surface area contributed by atoms with Crippen LogP contribution in [0.25, 0.3) is 0 Å². The number of hydrogen-bond donors (Lipinski definition) is 0. The molecule has 0 aliphatic carbocycles. The minimum atomic E-state index is 0.0558. The van der Waals surface area contributed by atoms with Gasteiger partial charge in [-0.2, -0.15) is 0 Å². The molecule has 2 aliphatic rings. The van der Waals surface area contributed by atoms with E-state index in [1.54, 1.807) is 0 Å². The molecule has 6 nitrogen and oxygen atoms in total. The minimum Gasteiger partial charge on any atom is -0.484 e. The summed E-state index contributed by atoms with van der Waals surface area (Å²) < 4.78 is 8.14. The number of piperidine rings is 1. The largest absolute Gasteiger partial charge is 0.484 e. The second kappa shape index (κ2) is 8.97. The van der Waals surface area contributed by atoms with Gasteiger partial charge in [-0.15, -0.1) is 10.2 Å². The summed E-state index contributed by atoms with van der Waals surface area (Å²) in [5.41, 5.74) is 1.22. The van der Waals surface area contributed by atoms with Crippen LogP contribution >= 0.6 is 0 Å². The number of carbonyl (C=O) groups is 1. The van der Waals surface area contributed by atoms with Crippen LogP contribution in [0.1, 0.15) is 75.0 Å². The molecule has 1 atom stereocenters. The average Bonchev–Trinajstić information content (AvgIpc) is 3.00. The fraction of sp³-hybridized carbons (Fsp3) is 0.609. The maximum atomic E-state index is 12.8. The normalized spacial score (nSPS) is 19.7. The first-order valence-corrected chi connectivity index (χ1v) is 11.0. The predicted molar refractivity (Wildman–Crippen MR) is 112 cm³/mol. The Labute approximate surface area is 173 Å². The van der Waals surface area contributed by atoms with Gasteiger partial charge in [0.05, 0.1) is 0 Å². The van der Waals surface area contributed by atoms with Crippen LogP contribution in [0, 0.1) is 0 Å². The fourth-order valence-electron chi connectivity index (χ4n) is 4.42. The number of hydrogen-bond acceptors (Lipinski definition) is 4. The van der Waals surface area contributed by atoms with Crippen molar-refractivity contribution < 1.29 is 9.53 Å². The van der Waals surface area contributed by atoms with E-state index in [2.05, 4.69) is 34.7 Å². The molecule has 4 rings (SSSR count). The molecule has 6 heteroatoms. The van der Waals surface area contributed by atoms with Gasteiger partial charge < -0.3 is 14.2 Å². The first-order valence-electron chi connectivity index (χ1n) is 11.0. The summed E-state index contributed by atoms with van der Waals surface area (Å²) in [7, 11) is 0. The molecular formula is C23H32N4O2. The molecule has 1 unspecified atom stereocenters. The molecule has 1 fully saturated rings. The lowest BCUT2D eigenvalue weighted by Gasteiger charge is -2.32. The number of nitrogens with zero attached hydrogens (tertiary/aromatic N) is 4. The van der Waals surface area contributed by atoms with Crippen molar-refractivity contribution in [2.24, 2.45) is 0 Å². The maximum Gasteiger partial charge on any atom is 0.260 e. The Kier molecular flexibility index (Phi) is 6.16. The van der Waals surface area contributed by atoms with Gasteiger partial charge in [-0.25, -0.2) is 0 Å². The van der Waals surface area contributed by atoms with Crippen molar-refractivity contribution in [1.29, 1.82) is 0 Å². The monoisotopic (exact) mass is 396 g/mol. The van der Waals surface area contributed by atoms with E-state index in [0.29, 0.717) is 12.5 Å². The molecular weight excluding hydrogens is 364 g/mol. The van der Waals surface area contributed by atoms with Crippen molar-refractivity contribution >= 4 is 5.91 Å². The van der Waals surface area contributed by atoms with Crippen molar-refractivity contribution in [2.45, 2.75) is 70.8 Å². The van der Waals surface area contributed by atoms with Gasteiger partial charge in [-0.1, -0.05) is 32.4 Å². The van der Waals surface area contributed by atoms with Gasteiger partial charge in [-0.05, 0) is 49.3 Å². The molecule has 0 radical (unpaired) electrons. The molecule has 1 saturated heterocycles. The predicted octanol–water partition coefficient (Wildman–Crippen LogP) is 3.91. The topological polar surface area (TPSA) is 60.2 Å². The number of rotatable bonds is 5. The van der Waals surface area contributed by atoms with E-state index in [4.69, 9.17) is 4.74 Å². The van der Waals surface area contributed by atoms with Gasteiger partial charge in [0.1, 0.15) is 17.4 Å². The molecule has 1 amide bonds. The summed E-state index contributed by atoms with van der Waals surface area (Å²) in [6.07, 6.45) is 6.74. The standard InChI is InChI=1S/C23H32N4O2/c1-17(2)18-8-6-10-20(14-18)29-16-22(28)26-12-7-9-19(15-26)23-25-24-21-11-4-3-5-13-27(21)23/h6,8,10,14,17,19H,3-5,7,9,11-13,15-16H2,1-2H3. The lowest BCUT2D eigenvalue weighted by molar-refractivity contribution is -0.134. The van der Waals surface area contributed by atoms with Gasteiger partial charge >= 0.3 is 0 Å². The first-order chi connectivity index (χ1) is 14.1. The number of fused-ring (bicyclic) bond motifs is 1. The third-order valence-electron chi connectivity index (χ3n) is 6.16. The molecule has 0 spiro atoms. The smallest absolute Gasteiger partial charge is 0.260 e. The second-order valence-corrected chi connectivity index (χ2v) is 8.63. The van der Waals surface area contributed by atoms with Crippen LogP contribution < -0.4 is 4.74 Å². The van der Waals surface area contributed by atoms with E-state index in [1.165, 1.54) is 24.8 Å². The highest BCUT2D eigenvalue weighted by atomic mass is 16.5. The quantitative estimate of drug-likeness (QED) is 0.769. The number of carbonyl (C=O) groups excluding carboxylic acids is 1. The molecule has 1 aromatic heterocycles. The van der Waals surface area contributed by atoms with E-state index >= 15 is 0 Å². The summed E-state index contributed by atoms with van der Waals surface area (Å²) in [5.74, 6) is 3.73. The zero-order chi connectivity index (χ0) is 20.2. The lowest BCUT2D eigenvalue weighted by Crippen LogP contribution is -2.42. The van der Waals surface area contributed by atoms with E-state index in [0.717, 1.165) is 49.8 Å². The summed E-state index contributed by atoms with van der Waals surface area (Å²) >= 11 is 0. The summed E-state index contributed by atoms with van der Waals surface area (Å²) in [6.45, 7) is 6.92. The summed E-state index contributed by atoms with van der Waals surface area (Å²) in [4.78, 5) is 14.8. The average molecular weight is 397 g/mol. The highest BCUT2D eigenvalue weighted by Crippen LogP contribution is 2.28. The van der Waals surface area contributed by atoms with Gasteiger partial charge in [0.25, 0.3) is 5.91 Å². The number of ether oxygens (including phenoxy) is 1. The third kappa shape index (κ3) is 4.62. The minimum absolute atomic E-state index is 0.0558. The number of benzene rings is 1. The van der Waals surface area contributed by atoms with Gasteiger partial charge in [0.2, 0.25) is 0 Å². The summed E-state index contributed by atoms with van der Waals surface area (Å²) in [6, 6.07) is 8.03. The lowest BCUT2D eigenvalue weighted by atomic mass is 9.97. The zero-order valence-corrected chi connectivity index (χ0v) is 17.6. The number of likely N-dealkylation sites (tertiary alicyclic amines) is 1. The van der Waals surface area contributed by atoms with Crippen LogP contribution in [0.15, 0.2) is 24.3 Å². The SMILES string of the molecule is CC(C)c1cccc(OCC(=O)N2CCCC(c3nnc4n3CCCCC4)C2)c1. The van der Waals surface area contributed by atoms with Crippen LogP contribution in [0.3, 0.4) is 0 Å². The Morgan fingerprint density at radius 1 is 1.17 bits per heavy atom.